The van der Waals surface area contributed by atoms with E-state index in [1.54, 1.807) is 13.4 Å². The lowest BCUT2D eigenvalue weighted by Gasteiger charge is -2.42. The van der Waals surface area contributed by atoms with Gasteiger partial charge >= 0.3 is 0 Å². The second kappa shape index (κ2) is 9.75. The number of nitrogens with two attached hydrogens (primary N) is 1. The lowest BCUT2D eigenvalue weighted by atomic mass is 10.1. The van der Waals surface area contributed by atoms with Crippen molar-refractivity contribution in [2.75, 3.05) is 31.6 Å². The molecule has 1 aromatic carbocycles. The molecule has 5 aromatic rings. The highest BCUT2D eigenvalue weighted by Gasteiger charge is 2.47. The highest BCUT2D eigenvalue weighted by molar-refractivity contribution is 6.00. The molecule has 0 radical (unpaired) electrons. The summed E-state index contributed by atoms with van der Waals surface area (Å²) in [5.41, 5.74) is 11.8. The van der Waals surface area contributed by atoms with E-state index in [9.17, 15) is 4.79 Å². The molecule has 3 atom stereocenters. The van der Waals surface area contributed by atoms with Crippen LogP contribution in [0.2, 0.25) is 0 Å². The number of amides is 1. The molecule has 0 spiro atoms. The van der Waals surface area contributed by atoms with Gasteiger partial charge in [0.2, 0.25) is 0 Å². The Morgan fingerprint density at radius 3 is 2.64 bits per heavy atom. The summed E-state index contributed by atoms with van der Waals surface area (Å²) in [5, 5.41) is 1.10. The minimum atomic E-state index is 0.00916. The maximum atomic E-state index is 13.9. The fraction of sp³-hybridized carbons (Fsp3) is 0.424. The fourth-order valence-electron chi connectivity index (χ4n) is 7.76. The number of carbonyl (C=O) groups is 1. The van der Waals surface area contributed by atoms with Gasteiger partial charge < -0.3 is 29.4 Å². The molecule has 44 heavy (non-hydrogen) atoms. The van der Waals surface area contributed by atoms with E-state index in [4.69, 9.17) is 20.4 Å². The molecule has 11 nitrogen and oxygen atoms in total. The summed E-state index contributed by atoms with van der Waals surface area (Å²) in [7, 11) is 1.68. The lowest BCUT2D eigenvalue weighted by Crippen LogP contribution is -2.48. The van der Waals surface area contributed by atoms with Crippen LogP contribution in [0.25, 0.3) is 33.6 Å². The number of likely N-dealkylation sites (tertiary alicyclic amines) is 1. The zero-order valence-corrected chi connectivity index (χ0v) is 24.7. The van der Waals surface area contributed by atoms with Gasteiger partial charge in [-0.25, -0.2) is 19.9 Å². The van der Waals surface area contributed by atoms with Crippen molar-refractivity contribution < 1.29 is 9.53 Å². The highest BCUT2D eigenvalue weighted by atomic mass is 16.5. The fourth-order valence-corrected chi connectivity index (χ4v) is 7.76. The number of hydrogen-bond donors (Lipinski definition) is 1. The summed E-state index contributed by atoms with van der Waals surface area (Å²) < 4.78 is 10.7. The predicted molar refractivity (Wildman–Crippen MR) is 167 cm³/mol. The molecular weight excluding hydrogens is 554 g/mol. The summed E-state index contributed by atoms with van der Waals surface area (Å²) in [6.07, 6.45) is 11.7. The highest BCUT2D eigenvalue weighted by Crippen LogP contribution is 2.42. The largest absolute Gasteiger partial charge is 0.494 e. The molecule has 0 unspecified atom stereocenters. The maximum absolute atomic E-state index is 13.9. The molecule has 2 saturated heterocycles. The van der Waals surface area contributed by atoms with Crippen molar-refractivity contribution in [1.29, 1.82) is 0 Å². The number of rotatable bonds is 7. The molecule has 2 aliphatic heterocycles. The number of nitrogens with zero attached hydrogens (tertiary/aromatic N) is 8. The third kappa shape index (κ3) is 3.94. The molecule has 2 N–H and O–H groups in total. The Hall–Kier alpha value is -4.51. The number of fused-ring (bicyclic) bond motifs is 4. The van der Waals surface area contributed by atoms with Crippen LogP contribution in [0, 0.1) is 11.8 Å². The summed E-state index contributed by atoms with van der Waals surface area (Å²) >= 11 is 0. The van der Waals surface area contributed by atoms with Gasteiger partial charge in [-0.3, -0.25) is 4.79 Å². The van der Waals surface area contributed by atoms with E-state index >= 15 is 0 Å². The SMILES string of the molecule is COc1cc(C(=O)N2C[C@H]3CC[C@@H]2[C@@H]3N)cc2nc(-c3cc4cccnc4n3CC3CC3)n(C3CN(c4cncnc4)C3)c12. The number of anilines is 1. The average Bonchev–Trinajstić information content (AvgIpc) is 3.38. The zero-order valence-electron chi connectivity index (χ0n) is 24.7. The number of pyridine rings is 1. The third-order valence-electron chi connectivity index (χ3n) is 10.3. The molecule has 2 bridgehead atoms. The Morgan fingerprint density at radius 2 is 1.91 bits per heavy atom. The van der Waals surface area contributed by atoms with Crippen LogP contribution in [0.3, 0.4) is 0 Å². The molecule has 2 saturated carbocycles. The summed E-state index contributed by atoms with van der Waals surface area (Å²) in [6, 6.07) is 10.5. The first-order valence-corrected chi connectivity index (χ1v) is 15.7. The van der Waals surface area contributed by atoms with Gasteiger partial charge in [-0.2, -0.15) is 0 Å². The van der Waals surface area contributed by atoms with Gasteiger partial charge in [-0.05, 0) is 67.9 Å². The Kier molecular flexibility index (Phi) is 5.75. The molecule has 1 amide bonds. The molecule has 4 aromatic heterocycles. The van der Waals surface area contributed by atoms with Gasteiger partial charge in [0, 0.05) is 55.4 Å². The maximum Gasteiger partial charge on any atom is 0.254 e. The van der Waals surface area contributed by atoms with E-state index in [1.807, 2.05) is 41.7 Å². The van der Waals surface area contributed by atoms with Crippen LogP contribution in [0.4, 0.5) is 5.69 Å². The molecule has 9 rings (SSSR count). The number of imidazole rings is 1. The molecule has 6 heterocycles. The second-order valence-corrected chi connectivity index (χ2v) is 12.9. The van der Waals surface area contributed by atoms with Crippen LogP contribution in [-0.2, 0) is 6.54 Å². The smallest absolute Gasteiger partial charge is 0.254 e. The van der Waals surface area contributed by atoms with Gasteiger partial charge in [-0.1, -0.05) is 0 Å². The Bertz CT molecular complexity index is 1910. The zero-order chi connectivity index (χ0) is 29.5. The van der Waals surface area contributed by atoms with Gasteiger partial charge in [0.1, 0.15) is 23.2 Å². The minimum absolute atomic E-state index is 0.00916. The summed E-state index contributed by atoms with van der Waals surface area (Å²) in [4.78, 5) is 36.7. The van der Waals surface area contributed by atoms with E-state index < -0.39 is 0 Å². The first-order valence-electron chi connectivity index (χ1n) is 15.7. The van der Waals surface area contributed by atoms with Crippen LogP contribution in [0.5, 0.6) is 5.75 Å². The molecular formula is C33H35N9O2. The van der Waals surface area contributed by atoms with Crippen molar-refractivity contribution in [2.45, 2.75) is 50.4 Å². The molecule has 224 valence electrons. The van der Waals surface area contributed by atoms with Crippen LogP contribution >= 0.6 is 0 Å². The van der Waals surface area contributed by atoms with Crippen molar-refractivity contribution >= 4 is 33.7 Å². The van der Waals surface area contributed by atoms with E-state index in [1.165, 1.54) is 12.8 Å². The molecule has 4 fully saturated rings. The number of aromatic nitrogens is 6. The molecule has 4 aliphatic rings. The second-order valence-electron chi connectivity index (χ2n) is 12.9. The topological polar surface area (TPSA) is 120 Å². The number of piperidine rings is 1. The van der Waals surface area contributed by atoms with Crippen molar-refractivity contribution in [2.24, 2.45) is 17.6 Å². The van der Waals surface area contributed by atoms with Crippen molar-refractivity contribution in [3.8, 4) is 17.3 Å². The van der Waals surface area contributed by atoms with Gasteiger partial charge in [-0.15, -0.1) is 0 Å². The van der Waals surface area contributed by atoms with Gasteiger partial charge in [0.15, 0.2) is 5.82 Å². The number of methoxy groups -OCH3 is 1. The van der Waals surface area contributed by atoms with Crippen LogP contribution < -0.4 is 15.4 Å². The standard InChI is InChI=1S/C33H35N9O2/c1-44-28-11-22(33(43)41-15-21-6-7-26(41)29(21)34)9-25-30(28)42(24-16-39(17-24)23-12-35-18-36-13-23)32(38-25)27-10-20-3-2-8-37-31(20)40(27)14-19-4-5-19/h2-3,8-13,18-19,21,24,26,29H,4-7,14-17,34H2,1H3/t21-,26-,29-/m1/s1. The Morgan fingerprint density at radius 1 is 1.07 bits per heavy atom. The number of carbonyl (C=O) groups excluding carboxylic acids is 1. The summed E-state index contributed by atoms with van der Waals surface area (Å²) in [5.74, 6) is 2.58. The first kappa shape index (κ1) is 25.9. The van der Waals surface area contributed by atoms with Crippen molar-refractivity contribution in [1.82, 2.24) is 34.0 Å². The van der Waals surface area contributed by atoms with Crippen LogP contribution in [0.15, 0.2) is 55.2 Å². The van der Waals surface area contributed by atoms with Crippen LogP contribution in [0.1, 0.15) is 42.1 Å². The van der Waals surface area contributed by atoms with Crippen molar-refractivity contribution in [3.05, 3.63) is 60.8 Å². The monoisotopic (exact) mass is 589 g/mol. The first-order chi connectivity index (χ1) is 21.6. The number of ether oxygens (including phenoxy) is 1. The van der Waals surface area contributed by atoms with E-state index in [0.717, 1.165) is 78.3 Å². The van der Waals surface area contributed by atoms with E-state index in [2.05, 4.69) is 36.1 Å². The van der Waals surface area contributed by atoms with Crippen LogP contribution in [-0.4, -0.2) is 78.7 Å². The number of hydrogen-bond acceptors (Lipinski definition) is 8. The van der Waals surface area contributed by atoms with E-state index in [0.29, 0.717) is 23.1 Å². The number of benzene rings is 1. The Labute approximate surface area is 254 Å². The third-order valence-corrected chi connectivity index (χ3v) is 10.3. The van der Waals surface area contributed by atoms with Gasteiger partial charge in [0.25, 0.3) is 5.91 Å². The predicted octanol–water partition coefficient (Wildman–Crippen LogP) is 3.88. The average molecular weight is 590 g/mol. The normalized spacial score (nSPS) is 23.2. The lowest BCUT2D eigenvalue weighted by molar-refractivity contribution is 0.0700. The summed E-state index contributed by atoms with van der Waals surface area (Å²) in [6.45, 7) is 3.20. The molecule has 2 aliphatic carbocycles. The van der Waals surface area contributed by atoms with Gasteiger partial charge in [0.05, 0.1) is 42.4 Å². The van der Waals surface area contributed by atoms with Crippen molar-refractivity contribution in [3.63, 3.8) is 0 Å². The van der Waals surface area contributed by atoms with E-state index in [-0.39, 0.29) is 24.0 Å². The minimum Gasteiger partial charge on any atom is -0.494 e. The quantitative estimate of drug-likeness (QED) is 0.304. The Balaban J connectivity index is 1.19. The molecule has 11 heteroatoms.